The summed E-state index contributed by atoms with van der Waals surface area (Å²) in [6.07, 6.45) is -4.01. The lowest BCUT2D eigenvalue weighted by atomic mass is 10.0. The Morgan fingerprint density at radius 3 is 2.44 bits per heavy atom. The number of alkyl halides is 3. The van der Waals surface area contributed by atoms with Crippen LogP contribution < -0.4 is 10.1 Å². The van der Waals surface area contributed by atoms with Crippen molar-refractivity contribution in [1.82, 2.24) is 10.2 Å². The molecule has 0 saturated carbocycles. The third-order valence-electron chi connectivity index (χ3n) is 5.66. The summed E-state index contributed by atoms with van der Waals surface area (Å²) >= 11 is 0. The molecule has 1 saturated heterocycles. The minimum atomic E-state index is -4.35. The SMILES string of the molecule is CC(C)(C)OC(=O)N[C@@H]1C[C@@H]2COc3ccc(-c4ccc(C(F)(F)F)cc4)cc3CN2C1. The molecule has 0 unspecified atom stereocenters. The molecule has 0 aromatic heterocycles. The number of nitrogens with one attached hydrogen (secondary N) is 1. The zero-order valence-electron chi connectivity index (χ0n) is 18.3. The van der Waals surface area contributed by atoms with Gasteiger partial charge in [0.05, 0.1) is 5.56 Å². The largest absolute Gasteiger partial charge is 0.492 e. The average Bonchev–Trinajstić information content (AvgIpc) is 2.97. The van der Waals surface area contributed by atoms with Crippen molar-refractivity contribution >= 4 is 6.09 Å². The van der Waals surface area contributed by atoms with Gasteiger partial charge in [-0.05, 0) is 62.6 Å². The number of hydrogen-bond acceptors (Lipinski definition) is 4. The second-order valence-corrected chi connectivity index (χ2v) is 9.37. The Hall–Kier alpha value is -2.74. The fourth-order valence-electron chi connectivity index (χ4n) is 4.21. The number of carbonyl (C=O) groups is 1. The van der Waals surface area contributed by atoms with Crippen LogP contribution in [0.4, 0.5) is 18.0 Å². The molecule has 0 aliphatic carbocycles. The molecule has 1 fully saturated rings. The monoisotopic (exact) mass is 448 g/mol. The van der Waals surface area contributed by atoms with Crippen LogP contribution in [-0.4, -0.2) is 41.8 Å². The Kier molecular flexibility index (Phi) is 5.83. The third-order valence-corrected chi connectivity index (χ3v) is 5.66. The molecule has 1 N–H and O–H groups in total. The van der Waals surface area contributed by atoms with Crippen LogP contribution in [0.3, 0.4) is 0 Å². The number of benzene rings is 2. The van der Waals surface area contributed by atoms with Gasteiger partial charge in [0.1, 0.15) is 18.0 Å². The molecule has 8 heteroatoms. The highest BCUT2D eigenvalue weighted by atomic mass is 19.4. The Morgan fingerprint density at radius 2 is 1.78 bits per heavy atom. The Morgan fingerprint density at radius 1 is 1.09 bits per heavy atom. The summed E-state index contributed by atoms with van der Waals surface area (Å²) in [5.41, 5.74) is 1.31. The van der Waals surface area contributed by atoms with E-state index in [4.69, 9.17) is 9.47 Å². The van der Waals surface area contributed by atoms with Gasteiger partial charge in [0, 0.05) is 30.7 Å². The molecule has 1 amide bonds. The van der Waals surface area contributed by atoms with Crippen LogP contribution in [0.1, 0.15) is 38.3 Å². The summed E-state index contributed by atoms with van der Waals surface area (Å²) in [5.74, 6) is 0.784. The number of ether oxygens (including phenoxy) is 2. The number of nitrogens with zero attached hydrogens (tertiary/aromatic N) is 1. The first-order valence-corrected chi connectivity index (χ1v) is 10.6. The van der Waals surface area contributed by atoms with E-state index in [9.17, 15) is 18.0 Å². The minimum absolute atomic E-state index is 0.0295. The predicted molar refractivity (Wildman–Crippen MR) is 114 cm³/mol. The zero-order chi connectivity index (χ0) is 23.1. The van der Waals surface area contributed by atoms with Gasteiger partial charge in [0.25, 0.3) is 0 Å². The van der Waals surface area contributed by atoms with E-state index in [2.05, 4.69) is 10.2 Å². The van der Waals surface area contributed by atoms with Crippen LogP contribution >= 0.6 is 0 Å². The maximum absolute atomic E-state index is 12.9. The standard InChI is InChI=1S/C24H27F3N2O3/c1-23(2,3)32-22(30)28-19-11-20-14-31-21-9-6-16(10-17(21)12-29(20)13-19)15-4-7-18(8-5-15)24(25,26)27/h4-10,19-20H,11-14H2,1-3H3,(H,28,30)/t19-,20-/m1/s1. The normalized spacial score (nSPS) is 21.2. The van der Waals surface area contributed by atoms with E-state index in [-0.39, 0.29) is 12.1 Å². The van der Waals surface area contributed by atoms with Crippen molar-refractivity contribution in [2.24, 2.45) is 0 Å². The molecule has 2 aromatic rings. The Bertz CT molecular complexity index is 983. The third kappa shape index (κ3) is 5.18. The molecule has 32 heavy (non-hydrogen) atoms. The number of amides is 1. The van der Waals surface area contributed by atoms with Gasteiger partial charge in [-0.3, -0.25) is 4.90 Å². The lowest BCUT2D eigenvalue weighted by molar-refractivity contribution is -0.137. The summed E-state index contributed by atoms with van der Waals surface area (Å²) in [6.45, 7) is 7.31. The molecule has 2 atom stereocenters. The maximum atomic E-state index is 12.9. The molecule has 4 rings (SSSR count). The van der Waals surface area contributed by atoms with Crippen LogP contribution in [0.2, 0.25) is 0 Å². The highest BCUT2D eigenvalue weighted by Gasteiger charge is 2.36. The van der Waals surface area contributed by atoms with E-state index in [0.29, 0.717) is 25.3 Å². The van der Waals surface area contributed by atoms with Crippen LogP contribution in [-0.2, 0) is 17.5 Å². The van der Waals surface area contributed by atoms with Crippen molar-refractivity contribution < 1.29 is 27.4 Å². The van der Waals surface area contributed by atoms with E-state index in [1.165, 1.54) is 12.1 Å². The molecular formula is C24H27F3N2O3. The average molecular weight is 448 g/mol. The fraction of sp³-hybridized carbons (Fsp3) is 0.458. The van der Waals surface area contributed by atoms with Crippen LogP contribution in [0, 0.1) is 0 Å². The smallest absolute Gasteiger partial charge is 0.416 e. The van der Waals surface area contributed by atoms with Gasteiger partial charge < -0.3 is 14.8 Å². The molecule has 0 radical (unpaired) electrons. The number of halogens is 3. The predicted octanol–water partition coefficient (Wildman–Crippen LogP) is 5.23. The van der Waals surface area contributed by atoms with Crippen molar-refractivity contribution in [3.63, 3.8) is 0 Å². The summed E-state index contributed by atoms with van der Waals surface area (Å²) in [5, 5.41) is 2.94. The number of carbonyl (C=O) groups excluding carboxylic acids is 1. The number of rotatable bonds is 2. The lowest BCUT2D eigenvalue weighted by Gasteiger charge is -2.22. The topological polar surface area (TPSA) is 50.8 Å². The number of fused-ring (bicyclic) bond motifs is 2. The Balaban J connectivity index is 1.46. The van der Waals surface area contributed by atoms with Gasteiger partial charge >= 0.3 is 12.3 Å². The fourth-order valence-corrected chi connectivity index (χ4v) is 4.21. The first-order valence-electron chi connectivity index (χ1n) is 10.6. The zero-order valence-corrected chi connectivity index (χ0v) is 18.3. The molecular weight excluding hydrogens is 421 g/mol. The first kappa shape index (κ1) is 22.5. The van der Waals surface area contributed by atoms with Gasteiger partial charge in [-0.25, -0.2) is 4.79 Å². The minimum Gasteiger partial charge on any atom is -0.492 e. The second-order valence-electron chi connectivity index (χ2n) is 9.37. The summed E-state index contributed by atoms with van der Waals surface area (Å²) in [4.78, 5) is 14.4. The summed E-state index contributed by atoms with van der Waals surface area (Å²) in [7, 11) is 0. The van der Waals surface area contributed by atoms with E-state index in [1.807, 2.05) is 39.0 Å². The van der Waals surface area contributed by atoms with Gasteiger partial charge in [0.15, 0.2) is 0 Å². The maximum Gasteiger partial charge on any atom is 0.416 e. The van der Waals surface area contributed by atoms with Crippen molar-refractivity contribution in [3.05, 3.63) is 53.6 Å². The van der Waals surface area contributed by atoms with Gasteiger partial charge in [-0.1, -0.05) is 18.2 Å². The molecule has 0 bridgehead atoms. The van der Waals surface area contributed by atoms with Gasteiger partial charge in [-0.2, -0.15) is 13.2 Å². The Labute approximate surface area is 185 Å². The molecule has 2 aliphatic rings. The van der Waals surface area contributed by atoms with Crippen molar-refractivity contribution in [2.45, 2.75) is 57.6 Å². The van der Waals surface area contributed by atoms with E-state index >= 15 is 0 Å². The highest BCUT2D eigenvalue weighted by Crippen LogP contribution is 2.35. The number of hydrogen-bond donors (Lipinski definition) is 1. The summed E-state index contributed by atoms with van der Waals surface area (Å²) in [6, 6.07) is 11.0. The van der Waals surface area contributed by atoms with Crippen molar-refractivity contribution in [3.8, 4) is 16.9 Å². The molecule has 2 aliphatic heterocycles. The van der Waals surface area contributed by atoms with E-state index in [1.54, 1.807) is 0 Å². The van der Waals surface area contributed by atoms with Gasteiger partial charge in [0.2, 0.25) is 0 Å². The van der Waals surface area contributed by atoms with Crippen molar-refractivity contribution in [1.29, 1.82) is 0 Å². The second kappa shape index (κ2) is 8.31. The van der Waals surface area contributed by atoms with Crippen LogP contribution in [0.15, 0.2) is 42.5 Å². The quantitative estimate of drug-likeness (QED) is 0.683. The molecule has 5 nitrogen and oxygen atoms in total. The van der Waals surface area contributed by atoms with E-state index in [0.717, 1.165) is 35.4 Å². The van der Waals surface area contributed by atoms with Gasteiger partial charge in [-0.15, -0.1) is 0 Å². The highest BCUT2D eigenvalue weighted by molar-refractivity contribution is 5.68. The van der Waals surface area contributed by atoms with Crippen molar-refractivity contribution in [2.75, 3.05) is 13.2 Å². The molecule has 2 aromatic carbocycles. The molecule has 2 heterocycles. The van der Waals surface area contributed by atoms with Crippen LogP contribution in [0.25, 0.3) is 11.1 Å². The summed E-state index contributed by atoms with van der Waals surface area (Å²) < 4.78 is 49.9. The van der Waals surface area contributed by atoms with Crippen LogP contribution in [0.5, 0.6) is 5.75 Å². The lowest BCUT2D eigenvalue weighted by Crippen LogP contribution is -2.40. The molecule has 0 spiro atoms. The van der Waals surface area contributed by atoms with E-state index < -0.39 is 23.4 Å². The number of alkyl carbamates (subject to hydrolysis) is 1. The first-order chi connectivity index (χ1) is 15.0. The molecule has 172 valence electrons.